The molecule has 0 aliphatic heterocycles. The van der Waals surface area contributed by atoms with Crippen LogP contribution in [-0.2, 0) is 0 Å². The lowest BCUT2D eigenvalue weighted by atomic mass is 10.3. The number of nitrogens with two attached hydrogens (primary N) is 1. The van der Waals surface area contributed by atoms with Gasteiger partial charge in [0, 0.05) is 0 Å². The molecule has 0 saturated carbocycles. The quantitative estimate of drug-likeness (QED) is 0.663. The number of hydrogen-bond donors (Lipinski definition) is 1. The van der Waals surface area contributed by atoms with Crippen molar-refractivity contribution in [2.24, 2.45) is 5.73 Å². The predicted molar refractivity (Wildman–Crippen MR) is 56.9 cm³/mol. The zero-order valence-electron chi connectivity index (χ0n) is 7.54. The van der Waals surface area contributed by atoms with E-state index in [1.54, 1.807) is 4.40 Å². The van der Waals surface area contributed by atoms with Gasteiger partial charge in [-0.25, -0.2) is 0 Å². The normalized spacial score (nSPS) is 11.2. The van der Waals surface area contributed by atoms with Gasteiger partial charge in [0.2, 0.25) is 10.8 Å². The lowest BCUT2D eigenvalue weighted by molar-refractivity contribution is 0.0990. The third-order valence-electron chi connectivity index (χ3n) is 2.16. The minimum Gasteiger partial charge on any atom is -0.363 e. The molecule has 3 aromatic rings. The molecule has 2 N–H and O–H groups in total. The largest absolute Gasteiger partial charge is 0.363 e. The average Bonchev–Trinajstić information content (AvgIpc) is 2.74. The number of benzene rings is 1. The number of para-hydroxylation sites is 1. The Morgan fingerprint density at radius 2 is 2.13 bits per heavy atom. The molecule has 0 aliphatic carbocycles. The molecule has 0 spiro atoms. The van der Waals surface area contributed by atoms with E-state index in [-0.39, 0.29) is 5.82 Å². The van der Waals surface area contributed by atoms with Crippen LogP contribution in [0.4, 0.5) is 0 Å². The molecular formula is C9H6N4OS. The molecular weight excluding hydrogens is 212 g/mol. The van der Waals surface area contributed by atoms with E-state index in [1.807, 2.05) is 24.3 Å². The fourth-order valence-electron chi connectivity index (χ4n) is 1.54. The molecule has 0 aliphatic rings. The molecule has 1 amide bonds. The van der Waals surface area contributed by atoms with Crippen LogP contribution in [-0.4, -0.2) is 20.5 Å². The van der Waals surface area contributed by atoms with Gasteiger partial charge in [-0.15, -0.1) is 10.2 Å². The SMILES string of the molecule is NC(=O)c1nnc2sc3ccccc3n12. The molecule has 0 unspecified atom stereocenters. The van der Waals surface area contributed by atoms with Crippen LogP contribution in [0.1, 0.15) is 10.6 Å². The number of primary amides is 1. The van der Waals surface area contributed by atoms with E-state index in [4.69, 9.17) is 5.73 Å². The number of carbonyl (C=O) groups excluding carboxylic acids is 1. The number of fused-ring (bicyclic) bond motifs is 3. The average molecular weight is 218 g/mol. The van der Waals surface area contributed by atoms with Crippen LogP contribution in [0.5, 0.6) is 0 Å². The minimum atomic E-state index is -0.564. The fraction of sp³-hybridized carbons (Fsp3) is 0. The second-order valence-corrected chi connectivity index (χ2v) is 4.08. The number of aromatic nitrogens is 3. The van der Waals surface area contributed by atoms with Crippen LogP contribution >= 0.6 is 11.3 Å². The van der Waals surface area contributed by atoms with Gasteiger partial charge in [0.05, 0.1) is 10.2 Å². The van der Waals surface area contributed by atoms with Gasteiger partial charge in [-0.3, -0.25) is 9.20 Å². The Kier molecular flexibility index (Phi) is 1.54. The Morgan fingerprint density at radius 1 is 1.33 bits per heavy atom. The highest BCUT2D eigenvalue weighted by Crippen LogP contribution is 2.25. The van der Waals surface area contributed by atoms with Gasteiger partial charge < -0.3 is 5.73 Å². The molecule has 3 rings (SSSR count). The first-order valence-electron chi connectivity index (χ1n) is 4.30. The molecule has 0 radical (unpaired) electrons. The van der Waals surface area contributed by atoms with Crippen molar-refractivity contribution in [1.82, 2.24) is 14.6 Å². The molecule has 2 heterocycles. The van der Waals surface area contributed by atoms with Gasteiger partial charge in [-0.2, -0.15) is 0 Å². The van der Waals surface area contributed by atoms with Crippen molar-refractivity contribution in [2.45, 2.75) is 0 Å². The van der Waals surface area contributed by atoms with E-state index in [0.717, 1.165) is 10.2 Å². The molecule has 15 heavy (non-hydrogen) atoms. The monoisotopic (exact) mass is 218 g/mol. The minimum absolute atomic E-state index is 0.183. The van der Waals surface area contributed by atoms with Crippen LogP contribution in [0.15, 0.2) is 24.3 Å². The highest BCUT2D eigenvalue weighted by Gasteiger charge is 2.15. The maximum atomic E-state index is 11.1. The number of rotatable bonds is 1. The van der Waals surface area contributed by atoms with Gasteiger partial charge in [0.25, 0.3) is 5.91 Å². The van der Waals surface area contributed by atoms with Crippen molar-refractivity contribution in [2.75, 3.05) is 0 Å². The number of thiazole rings is 1. The van der Waals surface area contributed by atoms with Crippen LogP contribution in [0.3, 0.4) is 0 Å². The summed E-state index contributed by atoms with van der Waals surface area (Å²) in [6, 6.07) is 7.73. The van der Waals surface area contributed by atoms with Crippen molar-refractivity contribution in [1.29, 1.82) is 0 Å². The molecule has 0 atom stereocenters. The fourth-order valence-corrected chi connectivity index (χ4v) is 2.50. The van der Waals surface area contributed by atoms with Crippen LogP contribution < -0.4 is 5.73 Å². The summed E-state index contributed by atoms with van der Waals surface area (Å²) >= 11 is 1.48. The van der Waals surface area contributed by atoms with Crippen LogP contribution in [0.25, 0.3) is 15.2 Å². The molecule has 0 fully saturated rings. The number of hydrogen-bond acceptors (Lipinski definition) is 4. The summed E-state index contributed by atoms with van der Waals surface area (Å²) in [7, 11) is 0. The Balaban J connectivity index is 2.54. The predicted octanol–water partition coefficient (Wildman–Crippen LogP) is 1.04. The number of amides is 1. The van der Waals surface area contributed by atoms with Crippen molar-refractivity contribution in [3.05, 3.63) is 30.1 Å². The summed E-state index contributed by atoms with van der Waals surface area (Å²) in [6.45, 7) is 0. The van der Waals surface area contributed by atoms with Crippen molar-refractivity contribution in [3.8, 4) is 0 Å². The number of carbonyl (C=O) groups is 1. The molecule has 0 saturated heterocycles. The number of nitrogens with zero attached hydrogens (tertiary/aromatic N) is 3. The second kappa shape index (κ2) is 2.77. The Hall–Kier alpha value is -1.95. The summed E-state index contributed by atoms with van der Waals surface area (Å²) in [5.74, 6) is -0.381. The molecule has 1 aromatic carbocycles. The van der Waals surface area contributed by atoms with Gasteiger partial charge in [0.15, 0.2) is 0 Å². The summed E-state index contributed by atoms with van der Waals surface area (Å²) in [6.07, 6.45) is 0. The Morgan fingerprint density at radius 3 is 2.93 bits per heavy atom. The highest BCUT2D eigenvalue weighted by molar-refractivity contribution is 7.23. The topological polar surface area (TPSA) is 73.3 Å². The first-order valence-corrected chi connectivity index (χ1v) is 5.11. The summed E-state index contributed by atoms with van der Waals surface area (Å²) < 4.78 is 2.74. The summed E-state index contributed by atoms with van der Waals surface area (Å²) in [5.41, 5.74) is 6.13. The van der Waals surface area contributed by atoms with Gasteiger partial charge in [0.1, 0.15) is 0 Å². The highest BCUT2D eigenvalue weighted by atomic mass is 32.1. The first kappa shape index (κ1) is 8.37. The summed E-state index contributed by atoms with van der Waals surface area (Å²) in [5, 5.41) is 7.66. The molecule has 5 nitrogen and oxygen atoms in total. The van der Waals surface area contributed by atoms with Gasteiger partial charge in [-0.05, 0) is 12.1 Å². The second-order valence-electron chi connectivity index (χ2n) is 3.08. The van der Waals surface area contributed by atoms with E-state index in [1.165, 1.54) is 11.3 Å². The van der Waals surface area contributed by atoms with E-state index in [2.05, 4.69) is 10.2 Å². The van der Waals surface area contributed by atoms with Crippen LogP contribution in [0.2, 0.25) is 0 Å². The zero-order valence-corrected chi connectivity index (χ0v) is 8.36. The third-order valence-corrected chi connectivity index (χ3v) is 3.17. The van der Waals surface area contributed by atoms with Gasteiger partial charge >= 0.3 is 0 Å². The third kappa shape index (κ3) is 1.05. The maximum absolute atomic E-state index is 11.1. The van der Waals surface area contributed by atoms with Gasteiger partial charge in [-0.1, -0.05) is 23.5 Å². The van der Waals surface area contributed by atoms with Crippen molar-refractivity contribution in [3.63, 3.8) is 0 Å². The Labute approximate surface area is 88.1 Å². The molecule has 74 valence electrons. The van der Waals surface area contributed by atoms with E-state index >= 15 is 0 Å². The zero-order chi connectivity index (χ0) is 10.4. The lowest BCUT2D eigenvalue weighted by Crippen LogP contribution is -2.14. The maximum Gasteiger partial charge on any atom is 0.287 e. The molecule has 2 aromatic heterocycles. The molecule has 6 heteroatoms. The van der Waals surface area contributed by atoms with E-state index in [9.17, 15) is 4.79 Å². The van der Waals surface area contributed by atoms with Crippen LogP contribution in [0, 0.1) is 0 Å². The standard InChI is InChI=1S/C9H6N4OS/c10-7(14)8-11-12-9-13(8)5-3-1-2-4-6(5)15-9/h1-4H,(H2,10,14). The molecule has 0 bridgehead atoms. The lowest BCUT2D eigenvalue weighted by Gasteiger charge is -1.92. The first-order chi connectivity index (χ1) is 7.27. The Bertz CT molecular complexity index is 669. The summed E-state index contributed by atoms with van der Waals surface area (Å²) in [4.78, 5) is 11.8. The van der Waals surface area contributed by atoms with E-state index < -0.39 is 5.91 Å². The van der Waals surface area contributed by atoms with E-state index in [0.29, 0.717) is 4.96 Å². The van der Waals surface area contributed by atoms with Crippen molar-refractivity contribution < 1.29 is 4.79 Å². The smallest absolute Gasteiger partial charge is 0.287 e. The van der Waals surface area contributed by atoms with Crippen molar-refractivity contribution >= 4 is 32.4 Å².